The summed E-state index contributed by atoms with van der Waals surface area (Å²) in [6.07, 6.45) is 1.68. The second-order valence-electron chi connectivity index (χ2n) is 5.34. The fourth-order valence-corrected chi connectivity index (χ4v) is 2.32. The standard InChI is InChI=1S/C13H22N4O3/c1-9(2)16(10(3)4)13(18)6-7-15-8-12(17(19)20)14-11(15)5/h8-10H,6-7H2,1-5H3. The molecule has 0 aliphatic rings. The number of amides is 1. The van der Waals surface area contributed by atoms with Crippen LogP contribution in [0.25, 0.3) is 0 Å². The van der Waals surface area contributed by atoms with Crippen LogP contribution in [0.4, 0.5) is 5.82 Å². The molecule has 1 heterocycles. The quantitative estimate of drug-likeness (QED) is 0.591. The van der Waals surface area contributed by atoms with Crippen LogP contribution in [0.5, 0.6) is 0 Å². The van der Waals surface area contributed by atoms with Gasteiger partial charge >= 0.3 is 5.82 Å². The summed E-state index contributed by atoms with van der Waals surface area (Å²) in [7, 11) is 0. The number of carbonyl (C=O) groups is 1. The van der Waals surface area contributed by atoms with E-state index in [-0.39, 0.29) is 23.8 Å². The first-order chi connectivity index (χ1) is 9.23. The van der Waals surface area contributed by atoms with Crippen LogP contribution in [-0.2, 0) is 11.3 Å². The highest BCUT2D eigenvalue weighted by Gasteiger charge is 2.21. The first-order valence-electron chi connectivity index (χ1n) is 6.73. The summed E-state index contributed by atoms with van der Waals surface area (Å²) in [5, 5.41) is 10.6. The van der Waals surface area contributed by atoms with Crippen LogP contribution in [-0.4, -0.2) is 37.4 Å². The lowest BCUT2D eigenvalue weighted by Crippen LogP contribution is -2.42. The Labute approximate surface area is 118 Å². The van der Waals surface area contributed by atoms with E-state index < -0.39 is 4.92 Å². The van der Waals surface area contributed by atoms with Crippen LogP contribution in [0.2, 0.25) is 0 Å². The molecule has 0 aliphatic heterocycles. The summed E-state index contributed by atoms with van der Waals surface area (Å²) in [5.41, 5.74) is 0. The number of hydrogen-bond donors (Lipinski definition) is 0. The minimum Gasteiger partial charge on any atom is -0.358 e. The third-order valence-corrected chi connectivity index (χ3v) is 3.12. The number of aromatic nitrogens is 2. The zero-order valence-electron chi connectivity index (χ0n) is 12.7. The van der Waals surface area contributed by atoms with Gasteiger partial charge in [-0.25, -0.2) is 0 Å². The molecule has 1 amide bonds. The zero-order valence-corrected chi connectivity index (χ0v) is 12.7. The van der Waals surface area contributed by atoms with E-state index in [9.17, 15) is 14.9 Å². The van der Waals surface area contributed by atoms with Crippen molar-refractivity contribution >= 4 is 11.7 Å². The van der Waals surface area contributed by atoms with E-state index in [2.05, 4.69) is 4.98 Å². The molecule has 0 fully saturated rings. The van der Waals surface area contributed by atoms with Gasteiger partial charge < -0.3 is 19.6 Å². The van der Waals surface area contributed by atoms with E-state index >= 15 is 0 Å². The van der Waals surface area contributed by atoms with Crippen LogP contribution < -0.4 is 0 Å². The molecule has 20 heavy (non-hydrogen) atoms. The molecule has 0 aliphatic carbocycles. The highest BCUT2D eigenvalue weighted by molar-refractivity contribution is 5.76. The maximum absolute atomic E-state index is 12.2. The van der Waals surface area contributed by atoms with Crippen molar-refractivity contribution in [1.29, 1.82) is 0 Å². The van der Waals surface area contributed by atoms with Gasteiger partial charge in [0.25, 0.3) is 0 Å². The number of aryl methyl sites for hydroxylation is 2. The Morgan fingerprint density at radius 2 is 1.95 bits per heavy atom. The molecule has 0 spiro atoms. The molecule has 0 bridgehead atoms. The second-order valence-corrected chi connectivity index (χ2v) is 5.34. The van der Waals surface area contributed by atoms with E-state index in [1.54, 1.807) is 11.5 Å². The summed E-state index contributed by atoms with van der Waals surface area (Å²) < 4.78 is 1.65. The monoisotopic (exact) mass is 282 g/mol. The molecule has 0 radical (unpaired) electrons. The van der Waals surface area contributed by atoms with Crippen LogP contribution in [0.3, 0.4) is 0 Å². The number of rotatable bonds is 6. The summed E-state index contributed by atoms with van der Waals surface area (Å²) >= 11 is 0. The summed E-state index contributed by atoms with van der Waals surface area (Å²) in [6.45, 7) is 10.0. The van der Waals surface area contributed by atoms with Crippen molar-refractivity contribution in [2.24, 2.45) is 0 Å². The molecule has 7 heteroatoms. The lowest BCUT2D eigenvalue weighted by atomic mass is 10.2. The zero-order chi connectivity index (χ0) is 15.4. The van der Waals surface area contributed by atoms with E-state index in [0.717, 1.165) is 0 Å². The van der Waals surface area contributed by atoms with Gasteiger partial charge in [0, 0.05) is 32.0 Å². The molecule has 0 saturated carbocycles. The van der Waals surface area contributed by atoms with Crippen molar-refractivity contribution < 1.29 is 9.72 Å². The Morgan fingerprint density at radius 3 is 2.35 bits per heavy atom. The van der Waals surface area contributed by atoms with Gasteiger partial charge in [-0.3, -0.25) is 4.79 Å². The first-order valence-corrected chi connectivity index (χ1v) is 6.73. The van der Waals surface area contributed by atoms with E-state index in [1.807, 2.05) is 32.6 Å². The Morgan fingerprint density at radius 1 is 1.40 bits per heavy atom. The van der Waals surface area contributed by atoms with Crippen LogP contribution in [0, 0.1) is 17.0 Å². The summed E-state index contributed by atoms with van der Waals surface area (Å²) in [5.74, 6) is 0.412. The Balaban J connectivity index is 2.71. The van der Waals surface area contributed by atoms with E-state index in [1.165, 1.54) is 6.20 Å². The van der Waals surface area contributed by atoms with Crippen molar-refractivity contribution in [2.45, 2.75) is 59.7 Å². The second kappa shape index (κ2) is 6.49. The third kappa shape index (κ3) is 3.79. The summed E-state index contributed by atoms with van der Waals surface area (Å²) in [4.78, 5) is 28.0. The lowest BCUT2D eigenvalue weighted by Gasteiger charge is -2.30. The van der Waals surface area contributed by atoms with Crippen molar-refractivity contribution in [1.82, 2.24) is 14.5 Å². The Bertz CT molecular complexity index is 486. The smallest absolute Gasteiger partial charge is 0.358 e. The Hall–Kier alpha value is -1.92. The van der Waals surface area contributed by atoms with Gasteiger partial charge in [-0.2, -0.15) is 0 Å². The molecule has 0 N–H and O–H groups in total. The largest absolute Gasteiger partial charge is 0.381 e. The minimum absolute atomic E-state index is 0.0470. The van der Waals surface area contributed by atoms with Crippen molar-refractivity contribution in [2.75, 3.05) is 0 Å². The van der Waals surface area contributed by atoms with Crippen LogP contribution in [0.1, 0.15) is 39.9 Å². The van der Waals surface area contributed by atoms with E-state index in [0.29, 0.717) is 18.8 Å². The van der Waals surface area contributed by atoms with Gasteiger partial charge in [0.2, 0.25) is 11.7 Å². The molecule has 0 unspecified atom stereocenters. The molecular formula is C13H22N4O3. The molecule has 1 aromatic rings. The minimum atomic E-state index is -0.528. The number of imidazole rings is 1. The van der Waals surface area contributed by atoms with Gasteiger partial charge in [0.05, 0.1) is 0 Å². The maximum Gasteiger partial charge on any atom is 0.381 e. The number of carbonyl (C=O) groups excluding carboxylic acids is 1. The number of nitro groups is 1. The fraction of sp³-hybridized carbons (Fsp3) is 0.692. The highest BCUT2D eigenvalue weighted by Crippen LogP contribution is 2.13. The van der Waals surface area contributed by atoms with Gasteiger partial charge in [-0.05, 0) is 37.6 Å². The molecule has 112 valence electrons. The predicted octanol–water partition coefficient (Wildman–Crippen LogP) is 2.14. The molecule has 0 saturated heterocycles. The molecule has 0 aromatic carbocycles. The number of nitrogens with zero attached hydrogens (tertiary/aromatic N) is 4. The Kier molecular flexibility index (Phi) is 5.24. The average molecular weight is 282 g/mol. The van der Waals surface area contributed by atoms with Crippen molar-refractivity contribution in [3.63, 3.8) is 0 Å². The van der Waals surface area contributed by atoms with Crippen LogP contribution in [0.15, 0.2) is 6.20 Å². The number of hydrogen-bond acceptors (Lipinski definition) is 4. The fourth-order valence-electron chi connectivity index (χ4n) is 2.32. The molecule has 1 rings (SSSR count). The van der Waals surface area contributed by atoms with Gasteiger partial charge in [0.15, 0.2) is 0 Å². The first kappa shape index (κ1) is 16.1. The van der Waals surface area contributed by atoms with Crippen molar-refractivity contribution in [3.05, 3.63) is 22.1 Å². The average Bonchev–Trinajstić information content (AvgIpc) is 2.67. The van der Waals surface area contributed by atoms with E-state index in [4.69, 9.17) is 0 Å². The molecule has 1 aromatic heterocycles. The maximum atomic E-state index is 12.2. The topological polar surface area (TPSA) is 81.3 Å². The van der Waals surface area contributed by atoms with Gasteiger partial charge in [0.1, 0.15) is 6.20 Å². The SMILES string of the molecule is Cc1nc([N+](=O)[O-])cn1CCC(=O)N(C(C)C)C(C)C. The van der Waals surface area contributed by atoms with Crippen molar-refractivity contribution in [3.8, 4) is 0 Å². The molecular weight excluding hydrogens is 260 g/mol. The predicted molar refractivity (Wildman–Crippen MR) is 75.4 cm³/mol. The highest BCUT2D eigenvalue weighted by atomic mass is 16.6. The normalized spacial score (nSPS) is 11.2. The van der Waals surface area contributed by atoms with Gasteiger partial charge in [-0.15, -0.1) is 0 Å². The van der Waals surface area contributed by atoms with Crippen LogP contribution >= 0.6 is 0 Å². The molecule has 7 nitrogen and oxygen atoms in total. The summed E-state index contributed by atoms with van der Waals surface area (Å²) in [6, 6.07) is 0.279. The molecule has 0 atom stereocenters. The van der Waals surface area contributed by atoms with Gasteiger partial charge in [-0.1, -0.05) is 0 Å². The third-order valence-electron chi connectivity index (χ3n) is 3.12. The lowest BCUT2D eigenvalue weighted by molar-refractivity contribution is -0.389.